The molecule has 2 rings (SSSR count). The van der Waals surface area contributed by atoms with Crippen molar-refractivity contribution in [3.05, 3.63) is 59.3 Å². The Morgan fingerprint density at radius 2 is 1.90 bits per heavy atom. The van der Waals surface area contributed by atoms with E-state index < -0.39 is 0 Å². The summed E-state index contributed by atoms with van der Waals surface area (Å²) in [5.41, 5.74) is 1.47. The van der Waals surface area contributed by atoms with E-state index in [0.29, 0.717) is 25.9 Å². The molecule has 21 heavy (non-hydrogen) atoms. The minimum Gasteiger partial charge on any atom is -0.309 e. The van der Waals surface area contributed by atoms with Crippen LogP contribution >= 0.6 is 45.8 Å². The Bertz CT molecular complexity index is 735. The molecule has 112 valence electrons. The highest BCUT2D eigenvalue weighted by atomic mass is 127. The molecule has 0 aliphatic heterocycles. The van der Waals surface area contributed by atoms with Crippen molar-refractivity contribution in [3.63, 3.8) is 0 Å². The summed E-state index contributed by atoms with van der Waals surface area (Å²) < 4.78 is 0.637. The summed E-state index contributed by atoms with van der Waals surface area (Å²) in [5, 5.41) is 1.01. The second-order valence-corrected chi connectivity index (χ2v) is 7.74. The smallest absolute Gasteiger partial charge is 0.264 e. The zero-order valence-electron chi connectivity index (χ0n) is 11.9. The molecule has 6 heteroatoms. The van der Waals surface area contributed by atoms with Gasteiger partial charge in [0.05, 0.1) is 15.7 Å². The maximum absolute atomic E-state index is 12.1. The average molecular weight is 437 g/mol. The Labute approximate surface area is 147 Å². The van der Waals surface area contributed by atoms with Gasteiger partial charge in [-0.3, -0.25) is 4.79 Å². The first-order valence-corrected chi connectivity index (χ1v) is 8.25. The molecule has 2 aromatic rings. The fraction of sp³-hybridized carbons (Fsp3) is 0.333. The fourth-order valence-electron chi connectivity index (χ4n) is 1.93. The molecule has 0 radical (unpaired) electrons. The molecule has 0 unspecified atom stereocenters. The Balaban J connectivity index is 2.43. The van der Waals surface area contributed by atoms with E-state index in [-0.39, 0.29) is 11.0 Å². The van der Waals surface area contributed by atoms with Gasteiger partial charge in [-0.2, -0.15) is 0 Å². The minimum atomic E-state index is -0.183. The molecule has 0 amide bonds. The van der Waals surface area contributed by atoms with Crippen LogP contribution in [-0.4, -0.2) is 9.97 Å². The van der Waals surface area contributed by atoms with Gasteiger partial charge in [-0.1, -0.05) is 50.0 Å². The number of benzene rings is 1. The standard InChI is InChI=1S/C15H15Cl2IN2O/c1-15(2,3)13-12(18)14(21)20-11(19-13)7-8-4-5-9(16)10(17)6-8/h4-6H,7H2,1-3H3,(H,19,20,21). The van der Waals surface area contributed by atoms with Crippen LogP contribution in [0.1, 0.15) is 37.9 Å². The van der Waals surface area contributed by atoms with Crippen LogP contribution in [0.2, 0.25) is 10.0 Å². The lowest BCUT2D eigenvalue weighted by atomic mass is 9.92. The molecular formula is C15H15Cl2IN2O. The number of aromatic nitrogens is 2. The van der Waals surface area contributed by atoms with E-state index in [1.807, 2.05) is 49.4 Å². The molecule has 3 nitrogen and oxygen atoms in total. The molecule has 1 aromatic carbocycles. The SMILES string of the molecule is CC(C)(C)c1nc(Cc2ccc(Cl)c(Cl)c2)[nH]c(=O)c1I. The van der Waals surface area contributed by atoms with Crippen LogP contribution in [0, 0.1) is 3.57 Å². The highest BCUT2D eigenvalue weighted by Crippen LogP contribution is 2.25. The normalized spacial score (nSPS) is 11.7. The van der Waals surface area contributed by atoms with Crippen LogP contribution in [-0.2, 0) is 11.8 Å². The van der Waals surface area contributed by atoms with Crippen molar-refractivity contribution in [2.75, 3.05) is 0 Å². The maximum Gasteiger partial charge on any atom is 0.264 e. The highest BCUT2D eigenvalue weighted by molar-refractivity contribution is 14.1. The van der Waals surface area contributed by atoms with E-state index in [1.165, 1.54) is 0 Å². The first kappa shape index (κ1) is 16.8. The Morgan fingerprint density at radius 3 is 2.48 bits per heavy atom. The number of halogens is 3. The summed E-state index contributed by atoms with van der Waals surface area (Å²) in [5.74, 6) is 0.628. The molecule has 0 atom stereocenters. The van der Waals surface area contributed by atoms with Crippen molar-refractivity contribution in [1.82, 2.24) is 9.97 Å². The second kappa shape index (κ2) is 6.26. The van der Waals surface area contributed by atoms with E-state index in [0.717, 1.165) is 11.3 Å². The average Bonchev–Trinajstić information content (AvgIpc) is 2.36. The topological polar surface area (TPSA) is 45.8 Å². The first-order valence-electron chi connectivity index (χ1n) is 6.41. The lowest BCUT2D eigenvalue weighted by Crippen LogP contribution is -2.25. The van der Waals surface area contributed by atoms with E-state index in [9.17, 15) is 4.79 Å². The first-order chi connectivity index (χ1) is 9.68. The van der Waals surface area contributed by atoms with Gasteiger partial charge in [0.2, 0.25) is 0 Å². The van der Waals surface area contributed by atoms with Crippen molar-refractivity contribution in [3.8, 4) is 0 Å². The van der Waals surface area contributed by atoms with Crippen LogP contribution in [0.15, 0.2) is 23.0 Å². The van der Waals surface area contributed by atoms with Crippen LogP contribution in [0.4, 0.5) is 0 Å². The Kier molecular flexibility index (Phi) is 5.00. The molecular weight excluding hydrogens is 422 g/mol. The summed E-state index contributed by atoms with van der Waals surface area (Å²) in [6, 6.07) is 5.41. The van der Waals surface area contributed by atoms with Crippen molar-refractivity contribution < 1.29 is 0 Å². The molecule has 1 N–H and O–H groups in total. The summed E-state index contributed by atoms with van der Waals surface area (Å²) >= 11 is 14.0. The van der Waals surface area contributed by atoms with E-state index in [1.54, 1.807) is 12.1 Å². The van der Waals surface area contributed by atoms with Crippen LogP contribution < -0.4 is 5.56 Å². The minimum absolute atomic E-state index is 0.106. The van der Waals surface area contributed by atoms with Gasteiger partial charge in [0.15, 0.2) is 0 Å². The second-order valence-electron chi connectivity index (χ2n) is 5.85. The van der Waals surface area contributed by atoms with Gasteiger partial charge in [-0.25, -0.2) is 4.98 Å². The number of H-pyrrole nitrogens is 1. The van der Waals surface area contributed by atoms with Crippen LogP contribution in [0.25, 0.3) is 0 Å². The van der Waals surface area contributed by atoms with E-state index in [4.69, 9.17) is 23.2 Å². The lowest BCUT2D eigenvalue weighted by Gasteiger charge is -2.19. The third-order valence-electron chi connectivity index (χ3n) is 2.98. The van der Waals surface area contributed by atoms with E-state index >= 15 is 0 Å². The van der Waals surface area contributed by atoms with Crippen molar-refractivity contribution in [2.24, 2.45) is 0 Å². The molecule has 1 heterocycles. The molecule has 0 saturated carbocycles. The van der Waals surface area contributed by atoms with Gasteiger partial charge in [0.25, 0.3) is 5.56 Å². The number of rotatable bonds is 2. The molecule has 0 saturated heterocycles. The summed E-state index contributed by atoms with van der Waals surface area (Å²) in [6.07, 6.45) is 0.506. The fourth-order valence-corrected chi connectivity index (χ4v) is 3.31. The number of aromatic amines is 1. The van der Waals surface area contributed by atoms with Gasteiger partial charge in [-0.05, 0) is 40.3 Å². The third kappa shape index (κ3) is 3.99. The predicted molar refractivity (Wildman–Crippen MR) is 95.5 cm³/mol. The third-order valence-corrected chi connectivity index (χ3v) is 4.72. The Morgan fingerprint density at radius 1 is 1.24 bits per heavy atom. The number of nitrogens with one attached hydrogen (secondary N) is 1. The largest absolute Gasteiger partial charge is 0.309 e. The van der Waals surface area contributed by atoms with Crippen LogP contribution in [0.5, 0.6) is 0 Å². The maximum atomic E-state index is 12.1. The molecule has 0 bridgehead atoms. The van der Waals surface area contributed by atoms with Gasteiger partial charge in [0.1, 0.15) is 9.39 Å². The predicted octanol–water partition coefficient (Wildman–Crippen LogP) is 4.57. The van der Waals surface area contributed by atoms with Gasteiger partial charge in [0, 0.05) is 11.8 Å². The zero-order valence-corrected chi connectivity index (χ0v) is 15.6. The molecule has 0 aliphatic rings. The van der Waals surface area contributed by atoms with Crippen molar-refractivity contribution in [1.29, 1.82) is 0 Å². The highest BCUT2D eigenvalue weighted by Gasteiger charge is 2.22. The number of hydrogen-bond acceptors (Lipinski definition) is 2. The number of nitrogens with zero attached hydrogens (tertiary/aromatic N) is 1. The molecule has 1 aromatic heterocycles. The van der Waals surface area contributed by atoms with Crippen molar-refractivity contribution in [2.45, 2.75) is 32.6 Å². The summed E-state index contributed by atoms with van der Waals surface area (Å²) in [7, 11) is 0. The zero-order chi connectivity index (χ0) is 15.8. The Hall–Kier alpha value is -0.590. The summed E-state index contributed by atoms with van der Waals surface area (Å²) in [4.78, 5) is 19.5. The van der Waals surface area contributed by atoms with E-state index in [2.05, 4.69) is 9.97 Å². The molecule has 0 aliphatic carbocycles. The monoisotopic (exact) mass is 436 g/mol. The lowest BCUT2D eigenvalue weighted by molar-refractivity contribution is 0.556. The molecule has 0 fully saturated rings. The van der Waals surface area contributed by atoms with Crippen molar-refractivity contribution >= 4 is 45.8 Å². The number of hydrogen-bond donors (Lipinski definition) is 1. The summed E-state index contributed by atoms with van der Waals surface area (Å²) in [6.45, 7) is 6.12. The molecule has 0 spiro atoms. The van der Waals surface area contributed by atoms with Gasteiger partial charge >= 0.3 is 0 Å². The van der Waals surface area contributed by atoms with Gasteiger partial charge < -0.3 is 4.98 Å². The van der Waals surface area contributed by atoms with Crippen LogP contribution in [0.3, 0.4) is 0 Å². The van der Waals surface area contributed by atoms with Gasteiger partial charge in [-0.15, -0.1) is 0 Å². The quantitative estimate of drug-likeness (QED) is 0.701.